The molecule has 2 aliphatic rings. The van der Waals surface area contributed by atoms with Crippen molar-refractivity contribution in [3.8, 4) is 34.5 Å². The van der Waals surface area contributed by atoms with Crippen molar-refractivity contribution < 1.29 is 38.0 Å². The van der Waals surface area contributed by atoms with Gasteiger partial charge in [-0.25, -0.2) is 0 Å². The van der Waals surface area contributed by atoms with E-state index in [0.29, 0.717) is 41.5 Å². The summed E-state index contributed by atoms with van der Waals surface area (Å²) in [5, 5.41) is 6.02. The molecule has 2 N–H and O–H groups in total. The van der Waals surface area contributed by atoms with Crippen LogP contribution in [0.1, 0.15) is 61.4 Å². The van der Waals surface area contributed by atoms with Crippen LogP contribution in [0.2, 0.25) is 0 Å². The summed E-state index contributed by atoms with van der Waals surface area (Å²) < 4.78 is 34.2. The van der Waals surface area contributed by atoms with Crippen LogP contribution < -0.4 is 39.1 Å². The van der Waals surface area contributed by atoms with E-state index < -0.39 is 0 Å². The van der Waals surface area contributed by atoms with Crippen LogP contribution in [-0.2, 0) is 25.9 Å². The number of unbranched alkanes of at least 4 members (excludes halogenated alkanes) is 1. The molecule has 0 radical (unpaired) electrons. The summed E-state index contributed by atoms with van der Waals surface area (Å²) in [6, 6.07) is 17.8. The summed E-state index contributed by atoms with van der Waals surface area (Å²) >= 11 is 4.37. The fourth-order valence-corrected chi connectivity index (χ4v) is 8.53. The lowest BCUT2D eigenvalue weighted by molar-refractivity contribution is 0.0937. The number of benzene rings is 4. The minimum Gasteiger partial charge on any atom is -0.496 e. The highest BCUT2D eigenvalue weighted by molar-refractivity contribution is 14.1. The second kappa shape index (κ2) is 22.6. The normalized spacial score (nSPS) is 13.5. The Kier molecular flexibility index (Phi) is 17.6. The van der Waals surface area contributed by atoms with Crippen LogP contribution >= 0.6 is 45.2 Å². The summed E-state index contributed by atoms with van der Waals surface area (Å²) in [4.78, 5) is 30.0. The molecule has 0 fully saturated rings. The maximum absolute atomic E-state index is 12.7. The molecule has 0 saturated carbocycles. The number of hydrogen-bond donors (Lipinski definition) is 2. The van der Waals surface area contributed by atoms with Gasteiger partial charge in [0.2, 0.25) is 0 Å². The zero-order chi connectivity index (χ0) is 42.5. The van der Waals surface area contributed by atoms with Crippen molar-refractivity contribution in [2.45, 2.75) is 45.7 Å². The Bertz CT molecular complexity index is 2080. The van der Waals surface area contributed by atoms with Gasteiger partial charge in [0.1, 0.15) is 11.5 Å². The Morgan fingerprint density at radius 1 is 0.559 bits per heavy atom. The summed E-state index contributed by atoms with van der Waals surface area (Å²) in [7, 11) is 9.74. The van der Waals surface area contributed by atoms with E-state index in [1.807, 2.05) is 30.3 Å². The smallest absolute Gasteiger partial charge is 0.255 e. The molecule has 14 heteroatoms. The third-order valence-corrected chi connectivity index (χ3v) is 11.9. The molecule has 0 bridgehead atoms. The quantitative estimate of drug-likeness (QED) is 0.0875. The van der Waals surface area contributed by atoms with Crippen molar-refractivity contribution in [1.29, 1.82) is 0 Å². The number of ether oxygens (including phenoxy) is 6. The number of rotatable bonds is 16. The van der Waals surface area contributed by atoms with Gasteiger partial charge in [-0.05, 0) is 161 Å². The Morgan fingerprint density at radius 3 is 1.73 bits per heavy atom. The third kappa shape index (κ3) is 12.3. The molecule has 4 aromatic carbocycles. The van der Waals surface area contributed by atoms with Gasteiger partial charge in [-0.3, -0.25) is 19.4 Å². The molecule has 12 nitrogen and oxygen atoms in total. The van der Waals surface area contributed by atoms with Crippen molar-refractivity contribution in [2.75, 3.05) is 81.9 Å². The molecule has 2 amide bonds. The second-order valence-electron chi connectivity index (χ2n) is 14.4. The van der Waals surface area contributed by atoms with Crippen molar-refractivity contribution >= 4 is 57.0 Å². The van der Waals surface area contributed by atoms with Gasteiger partial charge in [-0.1, -0.05) is 6.07 Å². The van der Waals surface area contributed by atoms with Crippen molar-refractivity contribution in [2.24, 2.45) is 0 Å². The molecule has 0 unspecified atom stereocenters. The van der Waals surface area contributed by atoms with Crippen LogP contribution in [0.5, 0.6) is 34.5 Å². The number of halogens is 2. The summed E-state index contributed by atoms with van der Waals surface area (Å²) in [6.45, 7) is 8.94. The summed E-state index contributed by atoms with van der Waals surface area (Å²) in [6.07, 6.45) is 3.98. The number of amides is 2. The van der Waals surface area contributed by atoms with E-state index in [9.17, 15) is 9.59 Å². The van der Waals surface area contributed by atoms with Crippen LogP contribution in [0.15, 0.2) is 54.6 Å². The lowest BCUT2D eigenvalue weighted by Crippen LogP contribution is -2.38. The number of carbonyl (C=O) groups excluding carboxylic acids is 2. The molecule has 0 aromatic heterocycles. The number of methoxy groups -OCH3 is 6. The van der Waals surface area contributed by atoms with Crippen LogP contribution in [0.4, 0.5) is 0 Å². The van der Waals surface area contributed by atoms with E-state index >= 15 is 0 Å². The number of carbonyl (C=O) groups is 2. The van der Waals surface area contributed by atoms with Gasteiger partial charge in [-0.15, -0.1) is 0 Å². The van der Waals surface area contributed by atoms with Crippen molar-refractivity contribution in [3.05, 3.63) is 101 Å². The fourth-order valence-electron chi connectivity index (χ4n) is 7.45. The maximum atomic E-state index is 12.7. The van der Waals surface area contributed by atoms with E-state index in [2.05, 4.69) is 96.8 Å². The molecule has 0 atom stereocenters. The molecule has 318 valence electrons. The zero-order valence-corrected chi connectivity index (χ0v) is 39.4. The molecule has 4 aromatic rings. The van der Waals surface area contributed by atoms with E-state index in [4.69, 9.17) is 28.4 Å². The van der Waals surface area contributed by atoms with Gasteiger partial charge in [0, 0.05) is 53.0 Å². The van der Waals surface area contributed by atoms with Gasteiger partial charge in [-0.2, -0.15) is 0 Å². The highest BCUT2D eigenvalue weighted by Gasteiger charge is 2.22. The molecule has 6 rings (SSSR count). The van der Waals surface area contributed by atoms with E-state index in [1.165, 1.54) is 27.8 Å². The number of nitrogens with one attached hydrogen (secondary N) is 2. The standard InChI is InChI=1S/C24H31IN2O4.C21H25IN2O4/c1-16-11-18-15-27(10-7-17(18)12-21(16)29-2)9-6-5-8-26-24(28)20-13-19(25)14-22(30-3)23(20)31-4;1-26-18-5-4-16(22)12-17(18)21(25)23-7-9-24-8-6-14-10-19(27-2)20(28-3)11-15(14)13-24/h11-14H,5-10,15H2,1-4H3,(H,26,28);4-5,10-12H,6-9,13H2,1-3H3,(H,23,25). The Hall–Kier alpha value is -4.00. The second-order valence-corrected chi connectivity index (χ2v) is 16.9. The average Bonchev–Trinajstić information content (AvgIpc) is 3.25. The van der Waals surface area contributed by atoms with E-state index in [-0.39, 0.29) is 11.8 Å². The van der Waals surface area contributed by atoms with E-state index in [1.54, 1.807) is 42.7 Å². The predicted octanol–water partition coefficient (Wildman–Crippen LogP) is 7.30. The largest absolute Gasteiger partial charge is 0.496 e. The SMILES string of the molecule is COc1cc2c(cc1C)CN(CCCCNC(=O)c1cc(I)cc(OC)c1OC)CC2.COc1cc2c(cc1OC)CN(CCNC(=O)c1cc(I)ccc1OC)CC2. The van der Waals surface area contributed by atoms with Crippen molar-refractivity contribution in [1.82, 2.24) is 20.4 Å². The number of aryl methyl sites for hydroxylation is 1. The molecule has 0 spiro atoms. The molecule has 2 heterocycles. The van der Waals surface area contributed by atoms with Crippen LogP contribution in [0.3, 0.4) is 0 Å². The van der Waals surface area contributed by atoms with Crippen LogP contribution in [0.25, 0.3) is 0 Å². The molecular formula is C45H56I2N4O8. The Labute approximate surface area is 375 Å². The Balaban J connectivity index is 0.000000225. The lowest BCUT2D eigenvalue weighted by atomic mass is 9.97. The van der Waals surface area contributed by atoms with Gasteiger partial charge >= 0.3 is 0 Å². The minimum atomic E-state index is -0.134. The molecule has 0 saturated heterocycles. The van der Waals surface area contributed by atoms with Gasteiger partial charge in [0.25, 0.3) is 11.8 Å². The number of nitrogens with zero attached hydrogens (tertiary/aromatic N) is 2. The molecule has 59 heavy (non-hydrogen) atoms. The monoisotopic (exact) mass is 1030 g/mol. The molecule has 2 aliphatic heterocycles. The molecular weight excluding hydrogens is 978 g/mol. The zero-order valence-electron chi connectivity index (χ0n) is 35.1. The Morgan fingerprint density at radius 2 is 1.10 bits per heavy atom. The first kappa shape index (κ1) is 46.1. The lowest BCUT2D eigenvalue weighted by Gasteiger charge is -2.29. The van der Waals surface area contributed by atoms with Gasteiger partial charge in [0.05, 0.1) is 53.8 Å². The minimum absolute atomic E-state index is 0.112. The van der Waals surface area contributed by atoms with E-state index in [0.717, 1.165) is 89.3 Å². The summed E-state index contributed by atoms with van der Waals surface area (Å²) in [5.74, 6) is 3.88. The van der Waals surface area contributed by atoms with Gasteiger partial charge < -0.3 is 39.1 Å². The first-order valence-corrected chi connectivity index (χ1v) is 21.8. The maximum Gasteiger partial charge on any atom is 0.255 e. The first-order valence-electron chi connectivity index (χ1n) is 19.7. The topological polar surface area (TPSA) is 120 Å². The van der Waals surface area contributed by atoms with Crippen LogP contribution in [0, 0.1) is 14.1 Å². The highest BCUT2D eigenvalue weighted by atomic mass is 127. The van der Waals surface area contributed by atoms with Gasteiger partial charge in [0.15, 0.2) is 23.0 Å². The number of fused-ring (bicyclic) bond motifs is 2. The highest BCUT2D eigenvalue weighted by Crippen LogP contribution is 2.34. The number of hydrogen-bond acceptors (Lipinski definition) is 10. The van der Waals surface area contributed by atoms with Crippen LogP contribution in [-0.4, -0.2) is 104 Å². The predicted molar refractivity (Wildman–Crippen MR) is 247 cm³/mol. The first-order chi connectivity index (χ1) is 28.5. The summed E-state index contributed by atoms with van der Waals surface area (Å²) in [5.41, 5.74) is 7.59. The molecule has 0 aliphatic carbocycles. The third-order valence-electron chi connectivity index (χ3n) is 10.6. The van der Waals surface area contributed by atoms with Crippen molar-refractivity contribution in [3.63, 3.8) is 0 Å². The fraction of sp³-hybridized carbons (Fsp3) is 0.422. The average molecular weight is 1030 g/mol.